The molecular formula is C52H40P2. The van der Waals surface area contributed by atoms with E-state index < -0.39 is 15.8 Å². The lowest BCUT2D eigenvalue weighted by molar-refractivity contribution is 1.58. The van der Waals surface area contributed by atoms with Crippen molar-refractivity contribution in [3.8, 4) is 11.1 Å². The van der Waals surface area contributed by atoms with E-state index in [0.717, 1.165) is 0 Å². The van der Waals surface area contributed by atoms with Gasteiger partial charge in [0.1, 0.15) is 0 Å². The molecular weight excluding hydrogens is 687 g/mol. The summed E-state index contributed by atoms with van der Waals surface area (Å²) in [6, 6.07) is 79.2. The van der Waals surface area contributed by atoms with Gasteiger partial charge in [-0.05, 0) is 81.1 Å². The number of rotatable bonds is 11. The summed E-state index contributed by atoms with van der Waals surface area (Å²) in [7, 11) is -1.19. The summed E-state index contributed by atoms with van der Waals surface area (Å²) < 4.78 is 0. The molecule has 0 aliphatic heterocycles. The molecule has 0 unspecified atom stereocenters. The maximum absolute atomic E-state index is 2.29. The van der Waals surface area contributed by atoms with Gasteiger partial charge >= 0.3 is 0 Å². The van der Waals surface area contributed by atoms with E-state index in [1.54, 1.807) is 0 Å². The first-order valence-corrected chi connectivity index (χ1v) is 21.0. The van der Waals surface area contributed by atoms with Crippen molar-refractivity contribution in [1.82, 2.24) is 0 Å². The van der Waals surface area contributed by atoms with Gasteiger partial charge in [0, 0.05) is 0 Å². The van der Waals surface area contributed by atoms with Crippen LogP contribution in [0.1, 0.15) is 22.3 Å². The van der Waals surface area contributed by atoms with Crippen LogP contribution in [0.25, 0.3) is 35.4 Å². The summed E-state index contributed by atoms with van der Waals surface area (Å²) in [6.45, 7) is 0. The Bertz CT molecular complexity index is 2160. The second-order valence-corrected chi connectivity index (χ2v) is 17.5. The Kier molecular flexibility index (Phi) is 11.2. The first-order chi connectivity index (χ1) is 26.8. The fraction of sp³-hybridized carbons (Fsp3) is 0. The van der Waals surface area contributed by atoms with Crippen LogP contribution >= 0.6 is 15.8 Å². The third-order valence-corrected chi connectivity index (χ3v) is 14.3. The summed E-state index contributed by atoms with van der Waals surface area (Å²) in [5.74, 6) is 0. The SMILES string of the molecule is C(=Cc1ccc(P(c2ccccc2)c2ccccc2)cc1)c1ccc(-c2ccc(C=Cc3ccc(P(c4ccccc4)c4ccccc4)cc3)cc2)cc1. The average Bonchev–Trinajstić information content (AvgIpc) is 3.25. The Labute approximate surface area is 322 Å². The summed E-state index contributed by atoms with van der Waals surface area (Å²) in [5.41, 5.74) is 7.19. The monoisotopic (exact) mass is 726 g/mol. The molecule has 8 aromatic rings. The lowest BCUT2D eigenvalue weighted by Gasteiger charge is -2.19. The highest BCUT2D eigenvalue weighted by atomic mass is 31.1. The van der Waals surface area contributed by atoms with Gasteiger partial charge in [-0.2, -0.15) is 0 Å². The van der Waals surface area contributed by atoms with E-state index in [0.29, 0.717) is 0 Å². The van der Waals surface area contributed by atoms with Crippen LogP contribution in [-0.4, -0.2) is 0 Å². The van der Waals surface area contributed by atoms with Crippen molar-refractivity contribution in [3.05, 3.63) is 241 Å². The van der Waals surface area contributed by atoms with Gasteiger partial charge < -0.3 is 0 Å². The molecule has 0 nitrogen and oxygen atoms in total. The first kappa shape index (κ1) is 35.1. The quantitative estimate of drug-likeness (QED) is 0.0920. The lowest BCUT2D eigenvalue weighted by Crippen LogP contribution is -2.20. The molecule has 8 aromatic carbocycles. The molecule has 0 amide bonds. The molecule has 0 radical (unpaired) electrons. The fourth-order valence-electron chi connectivity index (χ4n) is 6.63. The molecule has 0 saturated heterocycles. The van der Waals surface area contributed by atoms with E-state index in [1.807, 2.05) is 0 Å². The smallest absolute Gasteiger partial charge is 0.0134 e. The zero-order chi connectivity index (χ0) is 36.4. The Balaban J connectivity index is 0.904. The van der Waals surface area contributed by atoms with Crippen LogP contribution < -0.4 is 31.8 Å². The largest absolute Gasteiger partial charge is 0.0622 e. The van der Waals surface area contributed by atoms with Crippen LogP contribution in [-0.2, 0) is 0 Å². The maximum Gasteiger partial charge on any atom is -0.0134 e. The minimum Gasteiger partial charge on any atom is -0.0622 e. The van der Waals surface area contributed by atoms with Crippen molar-refractivity contribution in [3.63, 3.8) is 0 Å². The normalized spacial score (nSPS) is 11.5. The highest BCUT2D eigenvalue weighted by Gasteiger charge is 2.17. The highest BCUT2D eigenvalue weighted by molar-refractivity contribution is 7.80. The summed E-state index contributed by atoms with van der Waals surface area (Å²) in [5, 5.41) is 8.19. The molecule has 0 atom stereocenters. The van der Waals surface area contributed by atoms with Crippen molar-refractivity contribution >= 4 is 72.0 Å². The summed E-state index contributed by atoms with van der Waals surface area (Å²) in [4.78, 5) is 0. The Hall–Kier alpha value is -5.90. The van der Waals surface area contributed by atoms with Crippen LogP contribution in [0.15, 0.2) is 218 Å². The maximum atomic E-state index is 2.29. The Morgan fingerprint density at radius 1 is 0.204 bits per heavy atom. The van der Waals surface area contributed by atoms with E-state index in [9.17, 15) is 0 Å². The highest BCUT2D eigenvalue weighted by Crippen LogP contribution is 2.34. The zero-order valence-corrected chi connectivity index (χ0v) is 31.8. The molecule has 0 spiro atoms. The molecule has 0 saturated carbocycles. The number of hydrogen-bond donors (Lipinski definition) is 0. The average molecular weight is 727 g/mol. The van der Waals surface area contributed by atoms with E-state index in [1.165, 1.54) is 65.2 Å². The minimum atomic E-state index is -0.597. The fourth-order valence-corrected chi connectivity index (χ4v) is 11.2. The van der Waals surface area contributed by atoms with Gasteiger partial charge in [0.15, 0.2) is 0 Å². The molecule has 0 fully saturated rings. The van der Waals surface area contributed by atoms with E-state index >= 15 is 0 Å². The van der Waals surface area contributed by atoms with Crippen LogP contribution in [0.2, 0.25) is 0 Å². The number of benzene rings is 8. The zero-order valence-electron chi connectivity index (χ0n) is 30.0. The van der Waals surface area contributed by atoms with Crippen LogP contribution in [0.3, 0.4) is 0 Å². The predicted molar refractivity (Wildman–Crippen MR) is 240 cm³/mol. The molecule has 258 valence electrons. The minimum absolute atomic E-state index is 0.597. The molecule has 54 heavy (non-hydrogen) atoms. The van der Waals surface area contributed by atoms with Gasteiger partial charge in [-0.1, -0.05) is 243 Å². The van der Waals surface area contributed by atoms with Crippen LogP contribution in [0, 0.1) is 0 Å². The van der Waals surface area contributed by atoms with E-state index in [-0.39, 0.29) is 0 Å². The second-order valence-electron chi connectivity index (χ2n) is 13.1. The van der Waals surface area contributed by atoms with Gasteiger partial charge in [0.25, 0.3) is 0 Å². The summed E-state index contributed by atoms with van der Waals surface area (Å²) >= 11 is 0. The molecule has 0 bridgehead atoms. The molecule has 0 heterocycles. The number of hydrogen-bond acceptors (Lipinski definition) is 0. The molecule has 0 aliphatic carbocycles. The summed E-state index contributed by atoms with van der Waals surface area (Å²) in [6.07, 6.45) is 8.79. The van der Waals surface area contributed by atoms with Crippen LogP contribution in [0.4, 0.5) is 0 Å². The van der Waals surface area contributed by atoms with Crippen molar-refractivity contribution < 1.29 is 0 Å². The van der Waals surface area contributed by atoms with Gasteiger partial charge in [0.2, 0.25) is 0 Å². The third-order valence-electron chi connectivity index (χ3n) is 9.45. The van der Waals surface area contributed by atoms with Crippen molar-refractivity contribution in [2.45, 2.75) is 0 Å². The third kappa shape index (κ3) is 8.65. The first-order valence-electron chi connectivity index (χ1n) is 18.3. The molecule has 8 rings (SSSR count). The molecule has 2 heteroatoms. The lowest BCUT2D eigenvalue weighted by atomic mass is 10.0. The Morgan fingerprint density at radius 3 is 0.648 bits per heavy atom. The predicted octanol–water partition coefficient (Wildman–Crippen LogP) is 11.2. The van der Waals surface area contributed by atoms with Gasteiger partial charge in [-0.25, -0.2) is 0 Å². The molecule has 0 N–H and O–H groups in total. The van der Waals surface area contributed by atoms with Gasteiger partial charge in [-0.3, -0.25) is 0 Å². The molecule has 0 aromatic heterocycles. The van der Waals surface area contributed by atoms with E-state index in [2.05, 4.69) is 243 Å². The van der Waals surface area contributed by atoms with Crippen LogP contribution in [0.5, 0.6) is 0 Å². The van der Waals surface area contributed by atoms with E-state index in [4.69, 9.17) is 0 Å². The van der Waals surface area contributed by atoms with Crippen molar-refractivity contribution in [1.29, 1.82) is 0 Å². The van der Waals surface area contributed by atoms with Crippen molar-refractivity contribution in [2.24, 2.45) is 0 Å². The van der Waals surface area contributed by atoms with Crippen molar-refractivity contribution in [2.75, 3.05) is 0 Å². The standard InChI is InChI=1S/C52H40P2/c1-5-13-47(14-6-1)53(48-15-7-2-8-16-48)51-37-29-43(30-38-51)23-21-41-25-33-45(34-26-41)46-35-27-42(28-36-46)22-24-44-31-39-52(40-32-44)54(49-17-9-3-10-18-49)50-19-11-4-12-20-50/h1-40H. The molecule has 0 aliphatic rings. The Morgan fingerprint density at radius 2 is 0.407 bits per heavy atom. The second kappa shape index (κ2) is 17.3. The topological polar surface area (TPSA) is 0 Å². The van der Waals surface area contributed by atoms with Gasteiger partial charge in [0.05, 0.1) is 0 Å². The van der Waals surface area contributed by atoms with Gasteiger partial charge in [-0.15, -0.1) is 0 Å².